The lowest BCUT2D eigenvalue weighted by molar-refractivity contribution is -0.143. The first-order valence-corrected chi connectivity index (χ1v) is 29.5. The molecular weight excluding hydrogens is 1090 g/mol. The highest BCUT2D eigenvalue weighted by atomic mass is 16.4. The quantitative estimate of drug-likeness (QED) is 0.0161. The summed E-state index contributed by atoms with van der Waals surface area (Å²) in [6.45, 7) is 11.1. The Kier molecular flexibility index (Phi) is 30.3. The molecule has 20 N–H and O–H groups in total. The Morgan fingerprint density at radius 3 is 1.52 bits per heavy atom. The van der Waals surface area contributed by atoms with Crippen LogP contribution < -0.4 is 76.1 Å². The summed E-state index contributed by atoms with van der Waals surface area (Å²) < 4.78 is 0. The molecule has 30 nitrogen and oxygen atoms in total. The summed E-state index contributed by atoms with van der Waals surface area (Å²) in [5.74, 6) is -10.0. The van der Waals surface area contributed by atoms with Crippen molar-refractivity contribution >= 4 is 76.9 Å². The van der Waals surface area contributed by atoms with Gasteiger partial charge in [0, 0.05) is 26.1 Å². The fraction of sp³-hybridized carbons (Fsp3) is 0.759. The van der Waals surface area contributed by atoms with E-state index in [0.29, 0.717) is 51.5 Å². The molecule has 3 aliphatic heterocycles. The number of carboxylic acids is 1. The number of unbranched alkanes of at least 4 members (excludes halogenated alkanes) is 2. The molecule has 11 amide bonds. The molecule has 3 heterocycles. The van der Waals surface area contributed by atoms with Crippen LogP contribution in [0.4, 0.5) is 0 Å². The minimum Gasteiger partial charge on any atom is -0.480 e. The van der Waals surface area contributed by atoms with Gasteiger partial charge < -0.3 is 91.0 Å². The molecule has 0 spiro atoms. The smallest absolute Gasteiger partial charge is 0.325 e. The number of likely N-dealkylation sites (tertiary alicyclic amines) is 2. The summed E-state index contributed by atoms with van der Waals surface area (Å²) in [6, 6.07) is -12.5. The van der Waals surface area contributed by atoms with Gasteiger partial charge in [0.1, 0.15) is 60.4 Å². The van der Waals surface area contributed by atoms with Gasteiger partial charge in [-0.05, 0) is 142 Å². The van der Waals surface area contributed by atoms with Gasteiger partial charge in [0.05, 0.1) is 6.04 Å². The van der Waals surface area contributed by atoms with Crippen molar-refractivity contribution in [3.63, 3.8) is 0 Å². The normalized spacial score (nSPS) is 19.5. The average molecular weight is 1190 g/mol. The number of carbonyl (C=O) groups is 12. The lowest BCUT2D eigenvalue weighted by atomic mass is 10.0. The van der Waals surface area contributed by atoms with Gasteiger partial charge in [-0.3, -0.25) is 62.9 Å². The molecule has 3 rings (SSSR count). The van der Waals surface area contributed by atoms with Crippen molar-refractivity contribution < 1.29 is 62.6 Å². The van der Waals surface area contributed by atoms with Gasteiger partial charge in [-0.25, -0.2) is 0 Å². The first kappa shape index (κ1) is 71.1. The molecule has 3 fully saturated rings. The molecule has 0 saturated carbocycles. The topological polar surface area (TPSA) is 480 Å². The van der Waals surface area contributed by atoms with Gasteiger partial charge in [-0.2, -0.15) is 0 Å². The highest BCUT2D eigenvalue weighted by molar-refractivity contribution is 5.99. The van der Waals surface area contributed by atoms with Crippen LogP contribution in [-0.2, 0) is 57.5 Å². The molecule has 0 aromatic carbocycles. The van der Waals surface area contributed by atoms with Crippen molar-refractivity contribution in [1.82, 2.24) is 63.0 Å². The third kappa shape index (κ3) is 22.8. The van der Waals surface area contributed by atoms with Gasteiger partial charge in [0.2, 0.25) is 65.0 Å². The molecular formula is C54H95N17O13. The second kappa shape index (κ2) is 35.8. The van der Waals surface area contributed by atoms with E-state index in [4.69, 9.17) is 28.3 Å². The maximum absolute atomic E-state index is 14.6. The van der Waals surface area contributed by atoms with E-state index in [2.05, 4.69) is 53.2 Å². The van der Waals surface area contributed by atoms with Crippen LogP contribution >= 0.6 is 0 Å². The minimum atomic E-state index is -1.40. The highest BCUT2D eigenvalue weighted by Crippen LogP contribution is 2.23. The molecule has 0 bridgehead atoms. The Labute approximate surface area is 491 Å². The molecule has 3 aliphatic rings. The van der Waals surface area contributed by atoms with E-state index in [0.717, 1.165) is 6.42 Å². The molecule has 84 heavy (non-hydrogen) atoms. The molecule has 474 valence electrons. The Morgan fingerprint density at radius 2 is 1.01 bits per heavy atom. The first-order chi connectivity index (χ1) is 39.7. The average Bonchev–Trinajstić information content (AvgIpc) is 3.55. The highest BCUT2D eigenvalue weighted by Gasteiger charge is 2.43. The zero-order chi connectivity index (χ0) is 62.8. The van der Waals surface area contributed by atoms with Gasteiger partial charge >= 0.3 is 5.97 Å². The summed E-state index contributed by atoms with van der Waals surface area (Å²) >= 11 is 0. The minimum absolute atomic E-state index is 0.0366. The number of nitrogens with one attached hydrogen (secondary N) is 11. The van der Waals surface area contributed by atoms with E-state index in [1.165, 1.54) is 23.6 Å². The van der Waals surface area contributed by atoms with E-state index in [-0.39, 0.29) is 102 Å². The van der Waals surface area contributed by atoms with E-state index >= 15 is 0 Å². The van der Waals surface area contributed by atoms with Crippen molar-refractivity contribution in [2.75, 3.05) is 39.3 Å². The fourth-order valence-electron chi connectivity index (χ4n) is 10.2. The number of rotatable bonds is 36. The zero-order valence-corrected chi connectivity index (χ0v) is 49.6. The Balaban J connectivity index is 1.81. The molecule has 30 heteroatoms. The van der Waals surface area contributed by atoms with Crippen LogP contribution in [0.5, 0.6) is 0 Å². The van der Waals surface area contributed by atoms with Crippen LogP contribution in [0, 0.1) is 17.2 Å². The molecule has 0 aliphatic carbocycles. The summed E-state index contributed by atoms with van der Waals surface area (Å²) in [7, 11) is 0. The third-order valence-corrected chi connectivity index (χ3v) is 15.1. The monoisotopic (exact) mass is 1190 g/mol. The molecule has 0 aromatic heterocycles. The SMILES string of the molecule is CC(C)[C@H](NC(=O)[C@H](CCCCN)NC(=O)[C@H](CCCNC(=N)N)NC(=O)[C@@H]1CCCN1C(=O)[C@H](CCCCN)NC(=O)[C@H](C)NC(=O)[C@H](CCC(N)=O)NC(=O)[C@@H]1CCCN1C(=O)[C@@H](NC(=O)[C@@H]1CCCN1)C(C)C)C(=O)N[C@@H](C)C(=O)O. The number of nitrogens with two attached hydrogens (primary N) is 4. The Morgan fingerprint density at radius 1 is 0.524 bits per heavy atom. The Hall–Kier alpha value is -7.21. The molecule has 3 saturated heterocycles. The second-order valence-electron chi connectivity index (χ2n) is 22.6. The summed E-state index contributed by atoms with van der Waals surface area (Å²) in [5, 5.41) is 43.8. The standard InChI is InChI=1S/C54H95N17O13/c1-29(2)41(50(80)63-32(6)53(83)84)68-47(77)34(15-7-9-23-55)64-46(76)35(18-12-26-61-54(58)59)65-48(78)38-19-13-27-70(38)51(81)37(16-8-10-24-56)67-43(73)31(5)62-45(75)36(21-22-40(57)72)66-49(79)39-20-14-28-71(39)52(82)42(30(3)4)69-44(74)33-17-11-25-60-33/h29-39,41-42,60H,7-28,55-56H2,1-6H3,(H2,57,72)(H,62,75)(H,63,80)(H,64,76)(H,65,78)(H,66,79)(H,67,73)(H,68,77)(H,69,74)(H,83,84)(H4,58,59,61)/t31-,32-,33-,34-,35-,36-,37-,38-,39-,41-,42-/m0/s1. The van der Waals surface area contributed by atoms with Gasteiger partial charge in [-0.15, -0.1) is 0 Å². The number of nitrogens with zero attached hydrogens (tertiary/aromatic N) is 2. The summed E-state index contributed by atoms with van der Waals surface area (Å²) in [4.78, 5) is 165. The molecule has 11 atom stereocenters. The number of hydrogen-bond donors (Lipinski definition) is 16. The predicted octanol–water partition coefficient (Wildman–Crippen LogP) is -4.18. The zero-order valence-electron chi connectivity index (χ0n) is 49.6. The Bertz CT molecular complexity index is 2300. The first-order valence-electron chi connectivity index (χ1n) is 29.5. The molecule has 0 unspecified atom stereocenters. The third-order valence-electron chi connectivity index (χ3n) is 15.1. The number of hydrogen-bond acceptors (Lipinski definition) is 16. The second-order valence-corrected chi connectivity index (χ2v) is 22.6. The fourth-order valence-corrected chi connectivity index (χ4v) is 10.2. The van der Waals surface area contributed by atoms with E-state index in [1.807, 2.05) is 0 Å². The number of amides is 11. The lowest BCUT2D eigenvalue weighted by Gasteiger charge is -2.32. The van der Waals surface area contributed by atoms with E-state index in [1.54, 1.807) is 27.7 Å². The number of carbonyl (C=O) groups excluding carboxylic acids is 11. The van der Waals surface area contributed by atoms with Crippen LogP contribution in [0.15, 0.2) is 0 Å². The van der Waals surface area contributed by atoms with Crippen LogP contribution in [-0.4, -0.2) is 198 Å². The summed E-state index contributed by atoms with van der Waals surface area (Å²) in [5.41, 5.74) is 22.5. The summed E-state index contributed by atoms with van der Waals surface area (Å²) in [6.07, 6.45) is 4.02. The number of aliphatic carboxylic acids is 1. The van der Waals surface area contributed by atoms with Gasteiger partial charge in [0.25, 0.3) is 0 Å². The number of carboxylic acid groups (broad SMARTS) is 1. The maximum atomic E-state index is 14.6. The van der Waals surface area contributed by atoms with Crippen LogP contribution in [0.25, 0.3) is 0 Å². The van der Waals surface area contributed by atoms with Crippen molar-refractivity contribution in [2.45, 2.75) is 211 Å². The van der Waals surface area contributed by atoms with Crippen molar-refractivity contribution in [1.29, 1.82) is 5.41 Å². The molecule has 0 radical (unpaired) electrons. The van der Waals surface area contributed by atoms with Gasteiger partial charge in [0.15, 0.2) is 5.96 Å². The van der Waals surface area contributed by atoms with Crippen molar-refractivity contribution in [3.05, 3.63) is 0 Å². The molecule has 0 aromatic rings. The largest absolute Gasteiger partial charge is 0.480 e. The maximum Gasteiger partial charge on any atom is 0.325 e. The van der Waals surface area contributed by atoms with Crippen LogP contribution in [0.3, 0.4) is 0 Å². The lowest BCUT2D eigenvalue weighted by Crippen LogP contribution is -2.60. The predicted molar refractivity (Wildman–Crippen MR) is 308 cm³/mol. The van der Waals surface area contributed by atoms with Gasteiger partial charge in [-0.1, -0.05) is 27.7 Å². The van der Waals surface area contributed by atoms with Crippen LogP contribution in [0.1, 0.15) is 144 Å². The van der Waals surface area contributed by atoms with Crippen molar-refractivity contribution in [2.24, 2.45) is 34.8 Å². The number of primary amides is 1. The van der Waals surface area contributed by atoms with Crippen LogP contribution in [0.2, 0.25) is 0 Å². The van der Waals surface area contributed by atoms with E-state index in [9.17, 15) is 62.6 Å². The van der Waals surface area contributed by atoms with E-state index < -0.39 is 137 Å². The van der Waals surface area contributed by atoms with Crippen molar-refractivity contribution in [3.8, 4) is 0 Å². The number of guanidine groups is 1.